The minimum atomic E-state index is -0.409. The Morgan fingerprint density at radius 3 is 2.52 bits per heavy atom. The Bertz CT molecular complexity index is 1090. The zero-order valence-corrected chi connectivity index (χ0v) is 18.0. The first-order valence-electron chi connectivity index (χ1n) is 10.6. The highest BCUT2D eigenvalue weighted by atomic mass is 32.1. The van der Waals surface area contributed by atoms with Gasteiger partial charge in [0, 0.05) is 11.6 Å². The first-order valence-corrected chi connectivity index (χ1v) is 11.0. The summed E-state index contributed by atoms with van der Waals surface area (Å²) in [6.07, 6.45) is 7.68. The van der Waals surface area contributed by atoms with Gasteiger partial charge in [-0.15, -0.1) is 0 Å². The molecule has 31 heavy (non-hydrogen) atoms. The van der Waals surface area contributed by atoms with E-state index in [2.05, 4.69) is 15.8 Å². The first-order chi connectivity index (χ1) is 15.2. The fraction of sp³-hybridized carbons (Fsp3) is 0.240. The SMILES string of the molecule is O=C(Oc1ccc2ccccc2c1/C=N\NC(=S)NC1CCCCC1)c1ccccc1. The minimum absolute atomic E-state index is 0.406. The summed E-state index contributed by atoms with van der Waals surface area (Å²) in [6, 6.07) is 21.0. The number of benzene rings is 3. The van der Waals surface area contributed by atoms with Crippen molar-refractivity contribution >= 4 is 40.3 Å². The molecule has 0 spiro atoms. The molecule has 2 N–H and O–H groups in total. The van der Waals surface area contributed by atoms with Gasteiger partial charge in [0.1, 0.15) is 5.75 Å². The first kappa shape index (κ1) is 21.0. The number of hydrogen-bond donors (Lipinski definition) is 2. The Hall–Kier alpha value is -3.25. The van der Waals surface area contributed by atoms with Crippen molar-refractivity contribution in [1.29, 1.82) is 0 Å². The van der Waals surface area contributed by atoms with Gasteiger partial charge in [0.15, 0.2) is 5.11 Å². The van der Waals surface area contributed by atoms with Crippen LogP contribution >= 0.6 is 12.2 Å². The van der Waals surface area contributed by atoms with Crippen molar-refractivity contribution < 1.29 is 9.53 Å². The smallest absolute Gasteiger partial charge is 0.343 e. The molecule has 0 aromatic heterocycles. The van der Waals surface area contributed by atoms with Gasteiger partial charge in [0.25, 0.3) is 0 Å². The van der Waals surface area contributed by atoms with Crippen LogP contribution in [-0.4, -0.2) is 23.3 Å². The van der Waals surface area contributed by atoms with E-state index in [9.17, 15) is 4.79 Å². The van der Waals surface area contributed by atoms with Gasteiger partial charge in [-0.2, -0.15) is 5.10 Å². The molecule has 3 aromatic rings. The maximum atomic E-state index is 12.6. The van der Waals surface area contributed by atoms with Crippen molar-refractivity contribution in [1.82, 2.24) is 10.7 Å². The summed E-state index contributed by atoms with van der Waals surface area (Å²) in [7, 11) is 0. The Morgan fingerprint density at radius 2 is 1.71 bits per heavy atom. The van der Waals surface area contributed by atoms with Crippen LogP contribution in [0.5, 0.6) is 5.75 Å². The summed E-state index contributed by atoms with van der Waals surface area (Å²) in [4.78, 5) is 12.6. The fourth-order valence-corrected chi connectivity index (χ4v) is 4.07. The quantitative estimate of drug-likeness (QED) is 0.191. The average molecular weight is 432 g/mol. The van der Waals surface area contributed by atoms with E-state index in [4.69, 9.17) is 17.0 Å². The summed E-state index contributed by atoms with van der Waals surface area (Å²) in [5, 5.41) is 10.1. The topological polar surface area (TPSA) is 62.7 Å². The van der Waals surface area contributed by atoms with Crippen LogP contribution in [0.15, 0.2) is 71.8 Å². The second kappa shape index (κ2) is 10.2. The van der Waals surface area contributed by atoms with E-state index in [1.807, 2.05) is 48.5 Å². The molecule has 0 saturated heterocycles. The Labute approximate surface area is 187 Å². The normalized spacial score (nSPS) is 14.5. The minimum Gasteiger partial charge on any atom is -0.422 e. The highest BCUT2D eigenvalue weighted by molar-refractivity contribution is 7.80. The maximum Gasteiger partial charge on any atom is 0.343 e. The number of ether oxygens (including phenoxy) is 1. The Morgan fingerprint density at radius 1 is 0.968 bits per heavy atom. The zero-order valence-electron chi connectivity index (χ0n) is 17.2. The molecule has 1 aliphatic carbocycles. The molecule has 0 atom stereocenters. The lowest BCUT2D eigenvalue weighted by molar-refractivity contribution is 0.0734. The van der Waals surface area contributed by atoms with Crippen LogP contribution in [0.3, 0.4) is 0 Å². The third kappa shape index (κ3) is 5.47. The number of thiocarbonyl (C=S) groups is 1. The van der Waals surface area contributed by atoms with E-state index in [1.165, 1.54) is 19.3 Å². The van der Waals surface area contributed by atoms with Crippen molar-refractivity contribution in [2.75, 3.05) is 0 Å². The molecule has 5 nitrogen and oxygen atoms in total. The van der Waals surface area contributed by atoms with Gasteiger partial charge >= 0.3 is 5.97 Å². The molecule has 1 saturated carbocycles. The van der Waals surface area contributed by atoms with Gasteiger partial charge < -0.3 is 10.1 Å². The van der Waals surface area contributed by atoms with Crippen molar-refractivity contribution in [3.05, 3.63) is 77.9 Å². The van der Waals surface area contributed by atoms with Gasteiger partial charge in [-0.25, -0.2) is 4.79 Å². The summed E-state index contributed by atoms with van der Waals surface area (Å²) >= 11 is 5.39. The van der Waals surface area contributed by atoms with E-state index in [-0.39, 0.29) is 0 Å². The van der Waals surface area contributed by atoms with Crippen LogP contribution in [0.25, 0.3) is 10.8 Å². The molecule has 0 heterocycles. The van der Waals surface area contributed by atoms with Gasteiger partial charge in [-0.05, 0) is 54.0 Å². The number of esters is 1. The van der Waals surface area contributed by atoms with Crippen LogP contribution in [0, 0.1) is 0 Å². The lowest BCUT2D eigenvalue weighted by Crippen LogP contribution is -2.40. The molecule has 158 valence electrons. The predicted molar refractivity (Wildman–Crippen MR) is 129 cm³/mol. The van der Waals surface area contributed by atoms with Gasteiger partial charge in [0.05, 0.1) is 11.8 Å². The van der Waals surface area contributed by atoms with E-state index in [1.54, 1.807) is 24.4 Å². The lowest BCUT2D eigenvalue weighted by Gasteiger charge is -2.23. The highest BCUT2D eigenvalue weighted by Crippen LogP contribution is 2.27. The predicted octanol–water partition coefficient (Wildman–Crippen LogP) is 5.19. The number of hydrogen-bond acceptors (Lipinski definition) is 4. The maximum absolute atomic E-state index is 12.6. The van der Waals surface area contributed by atoms with E-state index in [0.29, 0.717) is 22.5 Å². The molecule has 1 aliphatic rings. The fourth-order valence-electron chi connectivity index (χ4n) is 3.85. The summed E-state index contributed by atoms with van der Waals surface area (Å²) in [6.45, 7) is 0. The Kier molecular flexibility index (Phi) is 6.89. The molecule has 0 unspecified atom stereocenters. The number of nitrogens with one attached hydrogen (secondary N) is 2. The molecule has 0 amide bonds. The van der Waals surface area contributed by atoms with Crippen molar-refractivity contribution in [3.8, 4) is 5.75 Å². The molecule has 0 bridgehead atoms. The van der Waals surface area contributed by atoms with E-state index in [0.717, 1.165) is 29.2 Å². The number of hydrazone groups is 1. The lowest BCUT2D eigenvalue weighted by atomic mass is 9.96. The van der Waals surface area contributed by atoms with Crippen molar-refractivity contribution in [3.63, 3.8) is 0 Å². The van der Waals surface area contributed by atoms with Crippen LogP contribution in [0.2, 0.25) is 0 Å². The third-order valence-corrected chi connectivity index (χ3v) is 5.65. The largest absolute Gasteiger partial charge is 0.422 e. The van der Waals surface area contributed by atoms with Crippen LogP contribution in [-0.2, 0) is 0 Å². The van der Waals surface area contributed by atoms with Crippen molar-refractivity contribution in [2.24, 2.45) is 5.10 Å². The van der Waals surface area contributed by atoms with Crippen LogP contribution in [0.4, 0.5) is 0 Å². The van der Waals surface area contributed by atoms with Crippen molar-refractivity contribution in [2.45, 2.75) is 38.1 Å². The van der Waals surface area contributed by atoms with Crippen LogP contribution < -0.4 is 15.5 Å². The monoisotopic (exact) mass is 431 g/mol. The number of rotatable bonds is 5. The molecular weight excluding hydrogens is 406 g/mol. The summed E-state index contributed by atoms with van der Waals surface area (Å²) in [5.74, 6) is 0.0391. The number of carbonyl (C=O) groups excluding carboxylic acids is 1. The average Bonchev–Trinajstić information content (AvgIpc) is 2.81. The molecule has 4 rings (SSSR count). The Balaban J connectivity index is 1.53. The number of carbonyl (C=O) groups is 1. The number of nitrogens with zero attached hydrogens (tertiary/aromatic N) is 1. The van der Waals surface area contributed by atoms with E-state index < -0.39 is 5.97 Å². The van der Waals surface area contributed by atoms with Crippen LogP contribution in [0.1, 0.15) is 48.0 Å². The molecule has 1 fully saturated rings. The molecular formula is C25H25N3O2S. The highest BCUT2D eigenvalue weighted by Gasteiger charge is 2.15. The zero-order chi connectivity index (χ0) is 21.5. The molecule has 0 radical (unpaired) electrons. The standard InChI is InChI=1S/C25H25N3O2S/c29-24(19-10-3-1-4-11-19)30-23-16-15-18-9-7-8-14-21(18)22(23)17-26-28-25(31)27-20-12-5-2-6-13-20/h1,3-4,7-11,14-17,20H,2,5-6,12-13H2,(H2,27,28,31)/b26-17-. The number of fused-ring (bicyclic) bond motifs is 1. The molecule has 0 aliphatic heterocycles. The van der Waals surface area contributed by atoms with Gasteiger partial charge in [-0.3, -0.25) is 5.43 Å². The molecule has 6 heteroatoms. The van der Waals surface area contributed by atoms with Gasteiger partial charge in [0.2, 0.25) is 0 Å². The second-order valence-corrected chi connectivity index (χ2v) is 8.04. The molecule has 3 aromatic carbocycles. The third-order valence-electron chi connectivity index (χ3n) is 5.44. The van der Waals surface area contributed by atoms with Gasteiger partial charge in [-0.1, -0.05) is 67.8 Å². The summed E-state index contributed by atoms with van der Waals surface area (Å²) < 4.78 is 5.71. The second-order valence-electron chi connectivity index (χ2n) is 7.63. The summed E-state index contributed by atoms with van der Waals surface area (Å²) in [5.41, 5.74) is 4.12. The van der Waals surface area contributed by atoms with E-state index >= 15 is 0 Å².